The quantitative estimate of drug-likeness (QED) is 0.427. The van der Waals surface area contributed by atoms with Crippen LogP contribution < -0.4 is 21.3 Å². The number of aromatic nitrogens is 4. The highest BCUT2D eigenvalue weighted by Gasteiger charge is 2.19. The first-order chi connectivity index (χ1) is 15.2. The molecule has 4 rings (SSSR count). The second-order valence-corrected chi connectivity index (χ2v) is 8.05. The number of nitrogens with zero attached hydrogens (tertiary/aromatic N) is 4. The van der Waals surface area contributed by atoms with Crippen molar-refractivity contribution in [2.75, 3.05) is 5.32 Å². The maximum atomic E-state index is 12.7. The summed E-state index contributed by atoms with van der Waals surface area (Å²) in [6.07, 6.45) is 0. The van der Waals surface area contributed by atoms with Gasteiger partial charge in [0.1, 0.15) is 18.0 Å². The number of amides is 1. The zero-order chi connectivity index (χ0) is 23.0. The van der Waals surface area contributed by atoms with Gasteiger partial charge in [0.25, 0.3) is 5.56 Å². The molecule has 0 aliphatic heterocycles. The van der Waals surface area contributed by atoms with Crippen molar-refractivity contribution in [2.45, 2.75) is 13.5 Å². The lowest BCUT2D eigenvalue weighted by Gasteiger charge is -2.11. The molecule has 1 N–H and O–H groups in total. The fourth-order valence-electron chi connectivity index (χ4n) is 3.37. The monoisotopic (exact) mass is 497 g/mol. The SMILES string of the molecule is Cc1cccc(Oc2ccc(NC(=O)Cn3c(Br)nc4c(=O)n(C)c(=O)n(C)c43)cc2)c1. The molecule has 2 aromatic carbocycles. The number of imidazole rings is 1. The molecule has 0 bridgehead atoms. The van der Waals surface area contributed by atoms with Crippen LogP contribution in [0.5, 0.6) is 11.5 Å². The van der Waals surface area contributed by atoms with Gasteiger partial charge in [-0.2, -0.15) is 0 Å². The van der Waals surface area contributed by atoms with Crippen LogP contribution in [0.3, 0.4) is 0 Å². The van der Waals surface area contributed by atoms with E-state index in [4.69, 9.17) is 4.74 Å². The number of benzene rings is 2. The van der Waals surface area contributed by atoms with Gasteiger partial charge in [-0.3, -0.25) is 23.3 Å². The van der Waals surface area contributed by atoms with Crippen molar-refractivity contribution in [3.63, 3.8) is 0 Å². The Kier molecular flexibility index (Phi) is 5.70. The van der Waals surface area contributed by atoms with Crippen LogP contribution in [0.1, 0.15) is 5.56 Å². The number of rotatable bonds is 5. The Morgan fingerprint density at radius 2 is 1.78 bits per heavy atom. The molecule has 4 aromatic rings. The molecule has 0 saturated carbocycles. The zero-order valence-corrected chi connectivity index (χ0v) is 19.2. The predicted octanol–water partition coefficient (Wildman–Crippen LogP) is 2.94. The Morgan fingerprint density at radius 1 is 1.06 bits per heavy atom. The third-order valence-corrected chi connectivity index (χ3v) is 5.56. The fourth-order valence-corrected chi connectivity index (χ4v) is 3.84. The summed E-state index contributed by atoms with van der Waals surface area (Å²) in [6.45, 7) is 1.85. The number of ether oxygens (including phenoxy) is 1. The number of aryl methyl sites for hydroxylation is 2. The maximum Gasteiger partial charge on any atom is 0.332 e. The number of anilines is 1. The van der Waals surface area contributed by atoms with Gasteiger partial charge in [-0.05, 0) is 64.8 Å². The topological polar surface area (TPSA) is 100 Å². The Balaban J connectivity index is 1.52. The van der Waals surface area contributed by atoms with Crippen molar-refractivity contribution < 1.29 is 9.53 Å². The number of carbonyl (C=O) groups excluding carboxylic acids is 1. The molecule has 10 heteroatoms. The molecule has 1 amide bonds. The molecule has 0 radical (unpaired) electrons. The standard InChI is InChI=1S/C22H20BrN5O4/c1-13-5-4-6-16(11-13)32-15-9-7-14(8-10-15)24-17(29)12-28-19-18(25-21(28)23)20(30)27(3)22(31)26(19)2/h4-11H,12H2,1-3H3,(H,24,29). The van der Waals surface area contributed by atoms with Crippen LogP contribution >= 0.6 is 15.9 Å². The molecule has 0 spiro atoms. The van der Waals surface area contributed by atoms with Crippen LogP contribution in [0, 0.1) is 6.92 Å². The molecule has 0 aliphatic carbocycles. The van der Waals surface area contributed by atoms with Gasteiger partial charge in [-0.1, -0.05) is 12.1 Å². The van der Waals surface area contributed by atoms with Crippen molar-refractivity contribution in [1.29, 1.82) is 0 Å². The van der Waals surface area contributed by atoms with Gasteiger partial charge < -0.3 is 10.1 Å². The second-order valence-electron chi connectivity index (χ2n) is 7.34. The van der Waals surface area contributed by atoms with E-state index in [-0.39, 0.29) is 28.3 Å². The van der Waals surface area contributed by atoms with E-state index in [1.165, 1.54) is 23.2 Å². The highest BCUT2D eigenvalue weighted by molar-refractivity contribution is 9.10. The molecule has 0 fully saturated rings. The average Bonchev–Trinajstić information content (AvgIpc) is 3.08. The molecule has 0 aliphatic rings. The van der Waals surface area contributed by atoms with Gasteiger partial charge in [-0.25, -0.2) is 9.78 Å². The van der Waals surface area contributed by atoms with Crippen LogP contribution in [0.15, 0.2) is 62.9 Å². The van der Waals surface area contributed by atoms with Crippen LogP contribution in [0.2, 0.25) is 0 Å². The molecule has 0 unspecified atom stereocenters. The van der Waals surface area contributed by atoms with Crippen molar-refractivity contribution >= 4 is 38.7 Å². The van der Waals surface area contributed by atoms with Gasteiger partial charge >= 0.3 is 5.69 Å². The third kappa shape index (κ3) is 4.09. The molecular formula is C22H20BrN5O4. The molecule has 2 aromatic heterocycles. The zero-order valence-electron chi connectivity index (χ0n) is 17.6. The Hall–Kier alpha value is -3.66. The van der Waals surface area contributed by atoms with Gasteiger partial charge in [0.15, 0.2) is 15.9 Å². The molecule has 32 heavy (non-hydrogen) atoms. The van der Waals surface area contributed by atoms with Gasteiger partial charge in [0, 0.05) is 19.8 Å². The van der Waals surface area contributed by atoms with Gasteiger partial charge in [-0.15, -0.1) is 0 Å². The Morgan fingerprint density at radius 3 is 2.47 bits per heavy atom. The summed E-state index contributed by atoms with van der Waals surface area (Å²) < 4.78 is 9.84. The third-order valence-electron chi connectivity index (χ3n) is 4.96. The summed E-state index contributed by atoms with van der Waals surface area (Å²) in [7, 11) is 2.91. The fraction of sp³-hybridized carbons (Fsp3) is 0.182. The maximum absolute atomic E-state index is 12.7. The predicted molar refractivity (Wildman–Crippen MR) is 124 cm³/mol. The highest BCUT2D eigenvalue weighted by Crippen LogP contribution is 2.24. The van der Waals surface area contributed by atoms with E-state index in [0.717, 1.165) is 15.9 Å². The number of hydrogen-bond donors (Lipinski definition) is 1. The summed E-state index contributed by atoms with van der Waals surface area (Å²) in [5.74, 6) is 1.03. The van der Waals surface area contributed by atoms with Crippen molar-refractivity contribution in [1.82, 2.24) is 18.7 Å². The number of halogens is 1. The van der Waals surface area contributed by atoms with Crippen LogP contribution in [0.25, 0.3) is 11.2 Å². The van der Waals surface area contributed by atoms with Crippen LogP contribution in [-0.2, 0) is 25.4 Å². The van der Waals surface area contributed by atoms with Crippen LogP contribution in [0.4, 0.5) is 5.69 Å². The molecule has 2 heterocycles. The largest absolute Gasteiger partial charge is 0.457 e. The summed E-state index contributed by atoms with van der Waals surface area (Å²) in [6, 6.07) is 14.7. The van der Waals surface area contributed by atoms with Crippen molar-refractivity contribution in [2.24, 2.45) is 14.1 Å². The number of nitrogens with one attached hydrogen (secondary N) is 1. The minimum Gasteiger partial charge on any atom is -0.457 e. The smallest absolute Gasteiger partial charge is 0.332 e. The minimum absolute atomic E-state index is 0.104. The normalized spacial score (nSPS) is 11.0. The van der Waals surface area contributed by atoms with Crippen LogP contribution in [-0.4, -0.2) is 24.6 Å². The summed E-state index contributed by atoms with van der Waals surface area (Å²) >= 11 is 3.28. The number of hydrogen-bond acceptors (Lipinski definition) is 5. The van der Waals surface area contributed by atoms with E-state index in [0.29, 0.717) is 11.4 Å². The molecular weight excluding hydrogens is 478 g/mol. The van der Waals surface area contributed by atoms with E-state index < -0.39 is 11.2 Å². The van der Waals surface area contributed by atoms with E-state index in [9.17, 15) is 14.4 Å². The van der Waals surface area contributed by atoms with E-state index in [2.05, 4.69) is 26.2 Å². The first-order valence-corrected chi connectivity index (χ1v) is 10.5. The summed E-state index contributed by atoms with van der Waals surface area (Å²) in [5, 5.41) is 2.80. The molecule has 9 nitrogen and oxygen atoms in total. The van der Waals surface area contributed by atoms with E-state index in [1.807, 2.05) is 31.2 Å². The van der Waals surface area contributed by atoms with E-state index >= 15 is 0 Å². The van der Waals surface area contributed by atoms with E-state index in [1.54, 1.807) is 24.3 Å². The lowest BCUT2D eigenvalue weighted by Crippen LogP contribution is -2.37. The summed E-state index contributed by atoms with van der Waals surface area (Å²) in [4.78, 5) is 41.5. The van der Waals surface area contributed by atoms with Crippen molar-refractivity contribution in [3.05, 3.63) is 79.7 Å². The lowest BCUT2D eigenvalue weighted by molar-refractivity contribution is -0.116. The molecule has 0 saturated heterocycles. The Labute approximate surface area is 191 Å². The first kappa shape index (κ1) is 21.6. The first-order valence-electron chi connectivity index (χ1n) is 9.71. The molecule has 164 valence electrons. The lowest BCUT2D eigenvalue weighted by atomic mass is 10.2. The van der Waals surface area contributed by atoms with Gasteiger partial charge in [0.05, 0.1) is 0 Å². The molecule has 0 atom stereocenters. The number of fused-ring (bicyclic) bond motifs is 1. The second kappa shape index (κ2) is 8.46. The average molecular weight is 498 g/mol. The summed E-state index contributed by atoms with van der Waals surface area (Å²) in [5.41, 5.74) is 1.03. The number of carbonyl (C=O) groups is 1. The van der Waals surface area contributed by atoms with Gasteiger partial charge in [0.2, 0.25) is 5.91 Å². The van der Waals surface area contributed by atoms with Crippen molar-refractivity contribution in [3.8, 4) is 11.5 Å². The highest BCUT2D eigenvalue weighted by atomic mass is 79.9. The minimum atomic E-state index is -0.521. The Bertz CT molecular complexity index is 1450.